The van der Waals surface area contributed by atoms with Gasteiger partial charge in [0.15, 0.2) is 0 Å². The molecule has 0 spiro atoms. The maximum atomic E-state index is 13.1. The van der Waals surface area contributed by atoms with E-state index in [4.69, 9.17) is 9.47 Å². The van der Waals surface area contributed by atoms with Crippen LogP contribution in [0.5, 0.6) is 11.5 Å². The lowest BCUT2D eigenvalue weighted by Gasteiger charge is -2.31. The van der Waals surface area contributed by atoms with Crippen molar-refractivity contribution >= 4 is 5.97 Å². The Balaban J connectivity index is 0.00000210. The molecule has 1 unspecified atom stereocenters. The number of carbonyl (C=O) groups excluding carboxylic acids is 1. The number of fused-ring (bicyclic) bond motifs is 2. The summed E-state index contributed by atoms with van der Waals surface area (Å²) in [6.45, 7) is 5.00. The number of rotatable bonds is 4. The van der Waals surface area contributed by atoms with Crippen molar-refractivity contribution in [1.82, 2.24) is 4.90 Å². The predicted octanol–water partition coefficient (Wildman–Crippen LogP) is 1.35. The summed E-state index contributed by atoms with van der Waals surface area (Å²) in [5.74, 6) is 0.839. The molecule has 0 aromatic heterocycles. The highest BCUT2D eigenvalue weighted by Crippen LogP contribution is 2.44. The van der Waals surface area contributed by atoms with E-state index in [2.05, 4.69) is 4.90 Å². The molecule has 4 rings (SSSR count). The van der Waals surface area contributed by atoms with Gasteiger partial charge < -0.3 is 21.9 Å². The second-order valence-electron chi connectivity index (χ2n) is 7.22. The molecule has 2 aliphatic heterocycles. The topological polar surface area (TPSA) is 38.8 Å². The molecule has 0 amide bonds. The third-order valence-corrected chi connectivity index (χ3v) is 5.20. The van der Waals surface area contributed by atoms with Crippen molar-refractivity contribution in [2.45, 2.75) is 38.2 Å². The summed E-state index contributed by atoms with van der Waals surface area (Å²) in [4.78, 5) is 15.5. The van der Waals surface area contributed by atoms with Crippen LogP contribution in [0.2, 0.25) is 0 Å². The highest BCUT2D eigenvalue weighted by molar-refractivity contribution is 5.85. The zero-order valence-corrected chi connectivity index (χ0v) is 16.3. The number of hydrogen-bond donors (Lipinski definition) is 0. The van der Waals surface area contributed by atoms with Crippen LogP contribution in [0.3, 0.4) is 0 Å². The van der Waals surface area contributed by atoms with Gasteiger partial charge in [0.2, 0.25) is 0 Å². The zero-order chi connectivity index (χ0) is 17.9. The number of piperidine rings is 1. The number of benzene rings is 2. The SMILES string of the molecule is CC(CN1CCCCC1)OC(=O)C1c2ccccc2Oc2ccccc21.[Cl-]. The van der Waals surface area contributed by atoms with Crippen LogP contribution in [0.25, 0.3) is 0 Å². The predicted molar refractivity (Wildman–Crippen MR) is 101 cm³/mol. The Bertz CT molecular complexity index is 743. The van der Waals surface area contributed by atoms with Crippen LogP contribution in [0.4, 0.5) is 0 Å². The third kappa shape index (κ3) is 4.28. The lowest BCUT2D eigenvalue weighted by molar-refractivity contribution is -0.150. The van der Waals surface area contributed by atoms with Gasteiger partial charge in [0.05, 0.1) is 0 Å². The molecule has 5 heteroatoms. The first kappa shape index (κ1) is 19.7. The average molecular weight is 387 g/mol. The van der Waals surface area contributed by atoms with Crippen molar-refractivity contribution in [3.8, 4) is 11.5 Å². The van der Waals surface area contributed by atoms with E-state index >= 15 is 0 Å². The first-order valence-corrected chi connectivity index (χ1v) is 9.51. The number of halogens is 1. The zero-order valence-electron chi connectivity index (χ0n) is 15.6. The minimum atomic E-state index is -0.431. The summed E-state index contributed by atoms with van der Waals surface area (Å²) in [6, 6.07) is 15.4. The molecule has 144 valence electrons. The number of ether oxygens (including phenoxy) is 2. The Morgan fingerprint density at radius 2 is 1.59 bits per heavy atom. The summed E-state index contributed by atoms with van der Waals surface area (Å²) in [7, 11) is 0. The Hall–Kier alpha value is -2.04. The van der Waals surface area contributed by atoms with Gasteiger partial charge in [0, 0.05) is 17.7 Å². The number of hydrogen-bond acceptors (Lipinski definition) is 4. The van der Waals surface area contributed by atoms with Crippen LogP contribution < -0.4 is 17.1 Å². The van der Waals surface area contributed by atoms with Crippen molar-refractivity contribution in [3.63, 3.8) is 0 Å². The molecule has 1 saturated heterocycles. The van der Waals surface area contributed by atoms with Crippen molar-refractivity contribution in [2.24, 2.45) is 0 Å². The first-order valence-electron chi connectivity index (χ1n) is 9.51. The van der Waals surface area contributed by atoms with Crippen LogP contribution >= 0.6 is 0 Å². The molecule has 0 N–H and O–H groups in total. The fourth-order valence-electron chi connectivity index (χ4n) is 3.97. The highest BCUT2D eigenvalue weighted by Gasteiger charge is 2.34. The third-order valence-electron chi connectivity index (χ3n) is 5.20. The summed E-state index contributed by atoms with van der Waals surface area (Å²) in [5.41, 5.74) is 1.75. The lowest BCUT2D eigenvalue weighted by atomic mass is 9.88. The van der Waals surface area contributed by atoms with E-state index in [-0.39, 0.29) is 24.5 Å². The molecule has 2 aromatic carbocycles. The van der Waals surface area contributed by atoms with E-state index in [0.29, 0.717) is 0 Å². The van der Waals surface area contributed by atoms with Gasteiger partial charge in [-0.2, -0.15) is 0 Å². The molecular formula is C22H25ClNO3-. The summed E-state index contributed by atoms with van der Waals surface area (Å²) < 4.78 is 11.8. The molecular weight excluding hydrogens is 362 g/mol. The van der Waals surface area contributed by atoms with Gasteiger partial charge >= 0.3 is 5.97 Å². The quantitative estimate of drug-likeness (QED) is 0.743. The number of para-hydroxylation sites is 2. The molecule has 0 aliphatic carbocycles. The molecule has 2 heterocycles. The van der Waals surface area contributed by atoms with Gasteiger partial charge in [-0.25, -0.2) is 0 Å². The first-order chi connectivity index (χ1) is 12.7. The minimum Gasteiger partial charge on any atom is -1.00 e. The largest absolute Gasteiger partial charge is 1.00 e. The number of likely N-dealkylation sites (tertiary alicyclic amines) is 1. The van der Waals surface area contributed by atoms with Crippen molar-refractivity contribution in [3.05, 3.63) is 59.7 Å². The maximum Gasteiger partial charge on any atom is 0.318 e. The Kier molecular flexibility index (Phi) is 6.40. The van der Waals surface area contributed by atoms with Crippen LogP contribution in [0.15, 0.2) is 48.5 Å². The molecule has 2 aliphatic rings. The molecule has 0 bridgehead atoms. The van der Waals surface area contributed by atoms with Gasteiger partial charge in [0.25, 0.3) is 0 Å². The number of nitrogens with zero attached hydrogens (tertiary/aromatic N) is 1. The van der Waals surface area contributed by atoms with Crippen molar-refractivity contribution in [1.29, 1.82) is 0 Å². The molecule has 4 nitrogen and oxygen atoms in total. The van der Waals surface area contributed by atoms with E-state index in [1.165, 1.54) is 19.3 Å². The Morgan fingerprint density at radius 1 is 1.04 bits per heavy atom. The number of esters is 1. The Morgan fingerprint density at radius 3 is 2.19 bits per heavy atom. The van der Waals surface area contributed by atoms with E-state index in [1.807, 2.05) is 55.5 Å². The highest BCUT2D eigenvalue weighted by atomic mass is 35.5. The fraction of sp³-hybridized carbons (Fsp3) is 0.409. The fourth-order valence-corrected chi connectivity index (χ4v) is 3.97. The average Bonchev–Trinajstić information content (AvgIpc) is 2.66. The minimum absolute atomic E-state index is 0. The maximum absolute atomic E-state index is 13.1. The molecule has 2 aromatic rings. The monoisotopic (exact) mass is 386 g/mol. The lowest BCUT2D eigenvalue weighted by Crippen LogP contribution is -3.00. The second-order valence-corrected chi connectivity index (χ2v) is 7.22. The van der Waals surface area contributed by atoms with Crippen molar-refractivity contribution < 1.29 is 26.7 Å². The van der Waals surface area contributed by atoms with Gasteiger partial charge in [0.1, 0.15) is 23.5 Å². The Labute approximate surface area is 166 Å². The number of carbonyl (C=O) groups is 1. The van der Waals surface area contributed by atoms with Gasteiger partial charge in [-0.3, -0.25) is 9.69 Å². The van der Waals surface area contributed by atoms with Crippen molar-refractivity contribution in [2.75, 3.05) is 19.6 Å². The smallest absolute Gasteiger partial charge is 0.318 e. The van der Waals surface area contributed by atoms with E-state index in [9.17, 15) is 4.79 Å². The molecule has 1 fully saturated rings. The normalized spacial score (nSPS) is 17.7. The summed E-state index contributed by atoms with van der Waals surface area (Å²) >= 11 is 0. The van der Waals surface area contributed by atoms with E-state index in [1.54, 1.807) is 0 Å². The van der Waals surface area contributed by atoms with Gasteiger partial charge in [-0.1, -0.05) is 42.8 Å². The second kappa shape index (κ2) is 8.77. The summed E-state index contributed by atoms with van der Waals surface area (Å²) in [5, 5.41) is 0. The van der Waals surface area contributed by atoms with Crippen LogP contribution in [-0.2, 0) is 9.53 Å². The van der Waals surface area contributed by atoms with E-state index < -0.39 is 5.92 Å². The van der Waals surface area contributed by atoms with Crippen LogP contribution in [-0.4, -0.2) is 36.6 Å². The van der Waals surface area contributed by atoms with E-state index in [0.717, 1.165) is 42.3 Å². The van der Waals surface area contributed by atoms with Crippen LogP contribution in [0, 0.1) is 0 Å². The molecule has 27 heavy (non-hydrogen) atoms. The van der Waals surface area contributed by atoms with Gasteiger partial charge in [-0.15, -0.1) is 0 Å². The summed E-state index contributed by atoms with van der Waals surface area (Å²) in [6.07, 6.45) is 3.66. The standard InChI is InChI=1S/C22H25NO3.ClH/c1-16(15-23-13-7-2-8-14-23)25-22(24)21-17-9-3-5-11-19(17)26-20-12-6-4-10-18(20)21;/h3-6,9-12,16,21H,2,7-8,13-15H2,1H3;1H/p-1. The molecule has 0 saturated carbocycles. The van der Waals surface area contributed by atoms with Crippen LogP contribution in [0.1, 0.15) is 43.2 Å². The van der Waals surface area contributed by atoms with Gasteiger partial charge in [-0.05, 0) is 45.0 Å². The molecule has 1 atom stereocenters. The molecule has 0 radical (unpaired) electrons.